The van der Waals surface area contributed by atoms with E-state index >= 15 is 0 Å². The maximum Gasteiger partial charge on any atom is 0.241 e. The van der Waals surface area contributed by atoms with Crippen molar-refractivity contribution in [3.63, 3.8) is 0 Å². The third-order valence-corrected chi connectivity index (χ3v) is 6.71. The monoisotopic (exact) mass is 469 g/mol. The van der Waals surface area contributed by atoms with E-state index < -0.39 is 0 Å². The molecule has 0 N–H and O–H groups in total. The van der Waals surface area contributed by atoms with Crippen molar-refractivity contribution >= 4 is 11.6 Å². The lowest BCUT2D eigenvalue weighted by Crippen LogP contribution is -2.50. The first-order chi connectivity index (χ1) is 16.6. The summed E-state index contributed by atoms with van der Waals surface area (Å²) < 4.78 is 21.9. The van der Waals surface area contributed by atoms with Crippen molar-refractivity contribution in [3.05, 3.63) is 41.5 Å². The summed E-state index contributed by atoms with van der Waals surface area (Å²) in [4.78, 5) is 19.7. The number of fused-ring (bicyclic) bond motifs is 1. The zero-order valence-corrected chi connectivity index (χ0v) is 20.6. The zero-order valence-electron chi connectivity index (χ0n) is 20.6. The lowest BCUT2D eigenvalue weighted by molar-refractivity contribution is -0.120. The molecule has 2 heterocycles. The zero-order chi connectivity index (χ0) is 24.1. The van der Waals surface area contributed by atoms with Gasteiger partial charge in [-0.2, -0.15) is 0 Å². The number of nitrogens with zero attached hydrogens (tertiary/aromatic N) is 3. The summed E-state index contributed by atoms with van der Waals surface area (Å²) in [6, 6.07) is 9.94. The van der Waals surface area contributed by atoms with Crippen LogP contribution in [0, 0.1) is 0 Å². The molecular formula is C26H35N3O5. The van der Waals surface area contributed by atoms with Crippen LogP contribution in [0.25, 0.3) is 0 Å². The summed E-state index contributed by atoms with van der Waals surface area (Å²) in [5, 5.41) is 0. The van der Waals surface area contributed by atoms with Gasteiger partial charge in [-0.3, -0.25) is 14.6 Å². The predicted octanol–water partition coefficient (Wildman–Crippen LogP) is 2.82. The molecule has 8 heteroatoms. The lowest BCUT2D eigenvalue weighted by atomic mass is 10.0. The van der Waals surface area contributed by atoms with E-state index in [-0.39, 0.29) is 5.91 Å². The number of hydrogen-bond donors (Lipinski definition) is 0. The molecule has 0 spiro atoms. The van der Waals surface area contributed by atoms with Crippen LogP contribution in [0.15, 0.2) is 30.3 Å². The van der Waals surface area contributed by atoms with Gasteiger partial charge < -0.3 is 23.8 Å². The number of carbonyl (C=O) groups is 1. The maximum atomic E-state index is 13.2. The Morgan fingerprint density at radius 3 is 2.24 bits per heavy atom. The molecule has 34 heavy (non-hydrogen) atoms. The van der Waals surface area contributed by atoms with Crippen molar-refractivity contribution in [1.82, 2.24) is 9.80 Å². The number of amides is 1. The van der Waals surface area contributed by atoms with Gasteiger partial charge in [0.2, 0.25) is 11.7 Å². The van der Waals surface area contributed by atoms with Crippen molar-refractivity contribution in [2.45, 2.75) is 19.4 Å². The first-order valence-corrected chi connectivity index (χ1v) is 11.8. The van der Waals surface area contributed by atoms with Crippen molar-refractivity contribution in [2.24, 2.45) is 0 Å². The van der Waals surface area contributed by atoms with Gasteiger partial charge in [-0.15, -0.1) is 0 Å². The van der Waals surface area contributed by atoms with Gasteiger partial charge in [-0.25, -0.2) is 0 Å². The fraction of sp³-hybridized carbons (Fsp3) is 0.500. The third kappa shape index (κ3) is 5.08. The van der Waals surface area contributed by atoms with Gasteiger partial charge in [-0.1, -0.05) is 6.07 Å². The third-order valence-electron chi connectivity index (χ3n) is 6.71. The minimum absolute atomic E-state index is 0.168. The van der Waals surface area contributed by atoms with Gasteiger partial charge >= 0.3 is 0 Å². The molecule has 2 aliphatic rings. The SMILES string of the molecule is COc1ccc2c(c1)CCCN2C(=O)CN1CCN(Cc2ccc(OC)c(OC)c2OC)CC1. The lowest BCUT2D eigenvalue weighted by Gasteiger charge is -2.36. The number of carbonyl (C=O) groups excluding carboxylic acids is 1. The molecule has 0 saturated carbocycles. The van der Waals surface area contributed by atoms with Crippen molar-refractivity contribution in [1.29, 1.82) is 0 Å². The Morgan fingerprint density at radius 1 is 0.824 bits per heavy atom. The number of anilines is 1. The summed E-state index contributed by atoms with van der Waals surface area (Å²) in [7, 11) is 6.57. The van der Waals surface area contributed by atoms with E-state index in [9.17, 15) is 4.79 Å². The highest BCUT2D eigenvalue weighted by Gasteiger charge is 2.27. The van der Waals surface area contributed by atoms with Crippen LogP contribution in [-0.4, -0.2) is 83.4 Å². The second-order valence-corrected chi connectivity index (χ2v) is 8.69. The molecule has 2 aromatic rings. The van der Waals surface area contributed by atoms with E-state index in [1.807, 2.05) is 29.2 Å². The summed E-state index contributed by atoms with van der Waals surface area (Å²) in [6.07, 6.45) is 1.96. The number of piperazine rings is 1. The molecule has 1 fully saturated rings. The molecule has 0 atom stereocenters. The minimum atomic E-state index is 0.168. The van der Waals surface area contributed by atoms with E-state index in [1.54, 1.807) is 28.4 Å². The highest BCUT2D eigenvalue weighted by molar-refractivity contribution is 5.96. The van der Waals surface area contributed by atoms with Crippen LogP contribution < -0.4 is 23.8 Å². The first kappa shape index (κ1) is 24.2. The quantitative estimate of drug-likeness (QED) is 0.589. The van der Waals surface area contributed by atoms with Gasteiger partial charge in [-0.05, 0) is 42.7 Å². The Hall–Kier alpha value is -2.97. The van der Waals surface area contributed by atoms with E-state index in [0.717, 1.165) is 69.1 Å². The molecule has 0 aromatic heterocycles. The summed E-state index contributed by atoms with van der Waals surface area (Å²) >= 11 is 0. The molecule has 2 aliphatic heterocycles. The molecule has 0 radical (unpaired) electrons. The van der Waals surface area contributed by atoms with Gasteiger partial charge in [0, 0.05) is 50.5 Å². The standard InChI is InChI=1S/C26H35N3O5/c1-31-21-8-9-22-19(16-21)6-5-11-29(22)24(30)18-28-14-12-27(13-15-28)17-20-7-10-23(32-2)26(34-4)25(20)33-3/h7-10,16H,5-6,11-15,17-18H2,1-4H3. The van der Waals surface area contributed by atoms with E-state index in [4.69, 9.17) is 18.9 Å². The van der Waals surface area contributed by atoms with Gasteiger partial charge in [0.25, 0.3) is 0 Å². The first-order valence-electron chi connectivity index (χ1n) is 11.8. The molecule has 2 aromatic carbocycles. The van der Waals surface area contributed by atoms with Crippen molar-refractivity contribution in [3.8, 4) is 23.0 Å². The Kier molecular flexibility index (Phi) is 7.80. The van der Waals surface area contributed by atoms with Crippen LogP contribution >= 0.6 is 0 Å². The average Bonchev–Trinajstić information content (AvgIpc) is 2.88. The minimum Gasteiger partial charge on any atom is -0.497 e. The van der Waals surface area contributed by atoms with Crippen LogP contribution in [0.3, 0.4) is 0 Å². The number of hydrogen-bond acceptors (Lipinski definition) is 7. The molecule has 1 amide bonds. The molecular weight excluding hydrogens is 434 g/mol. The van der Waals surface area contributed by atoms with Crippen LogP contribution in [0.1, 0.15) is 17.5 Å². The Balaban J connectivity index is 1.34. The molecule has 1 saturated heterocycles. The smallest absolute Gasteiger partial charge is 0.241 e. The normalized spacial score (nSPS) is 16.6. The molecule has 8 nitrogen and oxygen atoms in total. The largest absolute Gasteiger partial charge is 0.497 e. The second-order valence-electron chi connectivity index (χ2n) is 8.69. The van der Waals surface area contributed by atoms with Crippen LogP contribution in [0.5, 0.6) is 23.0 Å². The molecule has 184 valence electrons. The van der Waals surface area contributed by atoms with Crippen LogP contribution in [0.2, 0.25) is 0 Å². The molecule has 0 aliphatic carbocycles. The number of aryl methyl sites for hydroxylation is 1. The van der Waals surface area contributed by atoms with Crippen molar-refractivity contribution < 1.29 is 23.7 Å². The van der Waals surface area contributed by atoms with E-state index in [2.05, 4.69) is 15.9 Å². The number of rotatable bonds is 8. The van der Waals surface area contributed by atoms with Gasteiger partial charge in [0.05, 0.1) is 35.0 Å². The van der Waals surface area contributed by atoms with Crippen LogP contribution in [0.4, 0.5) is 5.69 Å². The Bertz CT molecular complexity index is 1000. The second kappa shape index (κ2) is 11.0. The maximum absolute atomic E-state index is 13.2. The Morgan fingerprint density at radius 2 is 1.56 bits per heavy atom. The number of ether oxygens (including phenoxy) is 4. The van der Waals surface area contributed by atoms with E-state index in [0.29, 0.717) is 23.8 Å². The van der Waals surface area contributed by atoms with E-state index in [1.165, 1.54) is 5.56 Å². The fourth-order valence-corrected chi connectivity index (χ4v) is 4.87. The molecule has 4 rings (SSSR count). The Labute approximate surface area is 201 Å². The number of benzene rings is 2. The van der Waals surface area contributed by atoms with Gasteiger partial charge in [0.1, 0.15) is 5.75 Å². The van der Waals surface area contributed by atoms with Crippen LogP contribution in [-0.2, 0) is 17.8 Å². The molecule has 0 unspecified atom stereocenters. The predicted molar refractivity (Wildman–Crippen MR) is 131 cm³/mol. The topological polar surface area (TPSA) is 63.7 Å². The highest BCUT2D eigenvalue weighted by Crippen LogP contribution is 2.40. The molecule has 0 bridgehead atoms. The summed E-state index contributed by atoms with van der Waals surface area (Å²) in [5.41, 5.74) is 3.27. The number of methoxy groups -OCH3 is 4. The van der Waals surface area contributed by atoms with Gasteiger partial charge in [0.15, 0.2) is 11.5 Å². The summed E-state index contributed by atoms with van der Waals surface area (Å²) in [5.74, 6) is 2.99. The van der Waals surface area contributed by atoms with Crippen molar-refractivity contribution in [2.75, 3.05) is 72.6 Å². The fourth-order valence-electron chi connectivity index (χ4n) is 4.87. The summed E-state index contributed by atoms with van der Waals surface area (Å²) in [6.45, 7) is 5.45. The highest BCUT2D eigenvalue weighted by atomic mass is 16.5. The average molecular weight is 470 g/mol.